The maximum atomic E-state index is 12.5. The van der Waals surface area contributed by atoms with Gasteiger partial charge < -0.3 is 9.64 Å². The van der Waals surface area contributed by atoms with Crippen molar-refractivity contribution < 1.29 is 9.53 Å². The molecule has 6 nitrogen and oxygen atoms in total. The number of ether oxygens (including phenoxy) is 1. The summed E-state index contributed by atoms with van der Waals surface area (Å²) in [6, 6.07) is 10.7. The summed E-state index contributed by atoms with van der Waals surface area (Å²) in [4.78, 5) is 25.2. The predicted octanol–water partition coefficient (Wildman–Crippen LogP) is 2.89. The standard InChI is InChI=1S/C20H26N4O2/c1-3-19(25)24(17-7-5-4-6-8-17)18-9-11-23(12-10-18)15-16-13-21-20(26-2)22-14-16/h4-8,13-14,18H,3,9-12,15H2,1-2H3. The van der Waals surface area contributed by atoms with E-state index in [1.54, 1.807) is 7.11 Å². The number of aromatic nitrogens is 2. The molecular weight excluding hydrogens is 328 g/mol. The Morgan fingerprint density at radius 3 is 2.42 bits per heavy atom. The van der Waals surface area contributed by atoms with Gasteiger partial charge in [0.1, 0.15) is 0 Å². The van der Waals surface area contributed by atoms with E-state index in [-0.39, 0.29) is 11.9 Å². The number of rotatable bonds is 6. The molecule has 6 heteroatoms. The van der Waals surface area contributed by atoms with Gasteiger partial charge in [-0.25, -0.2) is 9.97 Å². The topological polar surface area (TPSA) is 58.6 Å². The van der Waals surface area contributed by atoms with Crippen LogP contribution in [0.3, 0.4) is 0 Å². The molecule has 3 rings (SSSR count). The Kier molecular flexibility index (Phi) is 6.17. The predicted molar refractivity (Wildman–Crippen MR) is 101 cm³/mol. The van der Waals surface area contributed by atoms with E-state index >= 15 is 0 Å². The van der Waals surface area contributed by atoms with Gasteiger partial charge in [0.25, 0.3) is 0 Å². The molecule has 2 aromatic rings. The summed E-state index contributed by atoms with van der Waals surface area (Å²) < 4.78 is 5.00. The van der Waals surface area contributed by atoms with Crippen LogP contribution in [0.4, 0.5) is 5.69 Å². The Balaban J connectivity index is 1.61. The van der Waals surface area contributed by atoms with Crippen LogP contribution in [0.1, 0.15) is 31.7 Å². The number of piperidine rings is 1. The van der Waals surface area contributed by atoms with Gasteiger partial charge in [-0.2, -0.15) is 0 Å². The molecule has 1 aromatic carbocycles. The molecule has 26 heavy (non-hydrogen) atoms. The highest BCUT2D eigenvalue weighted by Gasteiger charge is 2.28. The lowest BCUT2D eigenvalue weighted by molar-refractivity contribution is -0.119. The molecule has 0 atom stereocenters. The zero-order valence-electron chi connectivity index (χ0n) is 15.5. The van der Waals surface area contributed by atoms with Crippen LogP contribution in [-0.4, -0.2) is 47.0 Å². The van der Waals surface area contributed by atoms with E-state index in [2.05, 4.69) is 14.9 Å². The molecule has 0 bridgehead atoms. The number of carbonyl (C=O) groups is 1. The molecule has 0 saturated carbocycles. The van der Waals surface area contributed by atoms with Crippen molar-refractivity contribution in [2.45, 2.75) is 38.8 Å². The number of benzene rings is 1. The van der Waals surface area contributed by atoms with Gasteiger partial charge in [-0.15, -0.1) is 0 Å². The van der Waals surface area contributed by atoms with Crippen LogP contribution in [-0.2, 0) is 11.3 Å². The molecule has 0 unspecified atom stereocenters. The maximum absolute atomic E-state index is 12.5. The average molecular weight is 354 g/mol. The van der Waals surface area contributed by atoms with Gasteiger partial charge in [0.15, 0.2) is 0 Å². The molecule has 1 aromatic heterocycles. The van der Waals surface area contributed by atoms with Crippen LogP contribution in [0, 0.1) is 0 Å². The molecule has 1 aliphatic rings. The quantitative estimate of drug-likeness (QED) is 0.798. The smallest absolute Gasteiger partial charge is 0.316 e. The fourth-order valence-electron chi connectivity index (χ4n) is 3.44. The highest BCUT2D eigenvalue weighted by molar-refractivity contribution is 5.93. The molecule has 0 radical (unpaired) electrons. The highest BCUT2D eigenvalue weighted by atomic mass is 16.5. The van der Waals surface area contributed by atoms with Gasteiger partial charge in [-0.1, -0.05) is 25.1 Å². The first kappa shape index (κ1) is 18.3. The summed E-state index contributed by atoms with van der Waals surface area (Å²) in [5, 5.41) is 0. The molecule has 0 spiro atoms. The normalized spacial score (nSPS) is 15.6. The lowest BCUT2D eigenvalue weighted by Crippen LogP contribution is -2.47. The number of amides is 1. The first-order valence-electron chi connectivity index (χ1n) is 9.15. The molecule has 2 heterocycles. The Morgan fingerprint density at radius 2 is 1.85 bits per heavy atom. The maximum Gasteiger partial charge on any atom is 0.316 e. The van der Waals surface area contributed by atoms with Gasteiger partial charge in [0.05, 0.1) is 7.11 Å². The van der Waals surface area contributed by atoms with E-state index in [0.717, 1.165) is 43.7 Å². The third kappa shape index (κ3) is 4.38. The van der Waals surface area contributed by atoms with Crippen molar-refractivity contribution in [3.05, 3.63) is 48.3 Å². The minimum atomic E-state index is 0.193. The zero-order chi connectivity index (χ0) is 18.4. The Hall–Kier alpha value is -2.47. The monoisotopic (exact) mass is 354 g/mol. The molecule has 1 aliphatic heterocycles. The summed E-state index contributed by atoms with van der Waals surface area (Å²) in [5.74, 6) is 0.193. The van der Waals surface area contributed by atoms with Crippen molar-refractivity contribution in [3.8, 4) is 6.01 Å². The van der Waals surface area contributed by atoms with E-state index in [1.807, 2.05) is 54.5 Å². The fourth-order valence-corrected chi connectivity index (χ4v) is 3.44. The van der Waals surface area contributed by atoms with Crippen molar-refractivity contribution in [2.24, 2.45) is 0 Å². The van der Waals surface area contributed by atoms with E-state index < -0.39 is 0 Å². The molecule has 0 N–H and O–H groups in total. The van der Waals surface area contributed by atoms with Crippen LogP contribution in [0.2, 0.25) is 0 Å². The number of carbonyl (C=O) groups excluding carboxylic acids is 1. The molecule has 1 saturated heterocycles. The molecule has 138 valence electrons. The first-order chi connectivity index (χ1) is 12.7. The zero-order valence-corrected chi connectivity index (χ0v) is 15.5. The van der Waals surface area contributed by atoms with Crippen molar-refractivity contribution in [2.75, 3.05) is 25.1 Å². The Morgan fingerprint density at radius 1 is 1.19 bits per heavy atom. The van der Waals surface area contributed by atoms with Crippen LogP contribution in [0.25, 0.3) is 0 Å². The lowest BCUT2D eigenvalue weighted by atomic mass is 10.0. The third-order valence-electron chi connectivity index (χ3n) is 4.80. The van der Waals surface area contributed by atoms with Gasteiger partial charge in [0.2, 0.25) is 5.91 Å². The molecule has 0 aliphatic carbocycles. The fraction of sp³-hybridized carbons (Fsp3) is 0.450. The molecule has 1 fully saturated rings. The van der Waals surface area contributed by atoms with Crippen LogP contribution < -0.4 is 9.64 Å². The number of hydrogen-bond donors (Lipinski definition) is 0. The van der Waals surface area contributed by atoms with Crippen molar-refractivity contribution in [3.63, 3.8) is 0 Å². The number of likely N-dealkylation sites (tertiary alicyclic amines) is 1. The summed E-state index contributed by atoms with van der Waals surface area (Å²) >= 11 is 0. The largest absolute Gasteiger partial charge is 0.467 e. The Bertz CT molecular complexity index is 698. The second-order valence-corrected chi connectivity index (χ2v) is 6.54. The first-order valence-corrected chi connectivity index (χ1v) is 9.15. The van der Waals surface area contributed by atoms with Gasteiger partial charge >= 0.3 is 6.01 Å². The second kappa shape index (κ2) is 8.76. The third-order valence-corrected chi connectivity index (χ3v) is 4.80. The Labute approximate surface area is 154 Å². The molecule has 1 amide bonds. The number of methoxy groups -OCH3 is 1. The van der Waals surface area contributed by atoms with E-state index in [4.69, 9.17) is 4.74 Å². The minimum absolute atomic E-state index is 0.193. The van der Waals surface area contributed by atoms with Gasteiger partial charge in [-0.3, -0.25) is 9.69 Å². The second-order valence-electron chi connectivity index (χ2n) is 6.54. The lowest BCUT2D eigenvalue weighted by Gasteiger charge is -2.38. The van der Waals surface area contributed by atoms with E-state index in [0.29, 0.717) is 12.4 Å². The summed E-state index contributed by atoms with van der Waals surface area (Å²) in [6.45, 7) is 4.66. The van der Waals surface area contributed by atoms with Crippen molar-refractivity contribution in [1.82, 2.24) is 14.9 Å². The minimum Gasteiger partial charge on any atom is -0.467 e. The van der Waals surface area contributed by atoms with Crippen molar-refractivity contribution >= 4 is 11.6 Å². The van der Waals surface area contributed by atoms with Crippen molar-refractivity contribution in [1.29, 1.82) is 0 Å². The average Bonchev–Trinajstić information content (AvgIpc) is 2.71. The number of nitrogens with zero attached hydrogens (tertiary/aromatic N) is 4. The number of para-hydroxylation sites is 1. The van der Waals surface area contributed by atoms with E-state index in [1.165, 1.54) is 0 Å². The van der Waals surface area contributed by atoms with Crippen LogP contribution in [0.5, 0.6) is 6.01 Å². The van der Waals surface area contributed by atoms with Gasteiger partial charge in [0, 0.05) is 55.7 Å². The number of anilines is 1. The van der Waals surface area contributed by atoms with Gasteiger partial charge in [-0.05, 0) is 25.0 Å². The van der Waals surface area contributed by atoms with Crippen LogP contribution in [0.15, 0.2) is 42.7 Å². The number of hydrogen-bond acceptors (Lipinski definition) is 5. The molecular formula is C20H26N4O2. The van der Waals surface area contributed by atoms with E-state index in [9.17, 15) is 4.79 Å². The summed E-state index contributed by atoms with van der Waals surface area (Å²) in [6.07, 6.45) is 6.09. The van der Waals surface area contributed by atoms with Crippen LogP contribution >= 0.6 is 0 Å². The summed E-state index contributed by atoms with van der Waals surface area (Å²) in [7, 11) is 1.57. The highest BCUT2D eigenvalue weighted by Crippen LogP contribution is 2.25. The SMILES string of the molecule is CCC(=O)N(c1ccccc1)C1CCN(Cc2cnc(OC)nc2)CC1. The summed E-state index contributed by atoms with van der Waals surface area (Å²) in [5.41, 5.74) is 2.08.